The number of ether oxygens (including phenoxy) is 14. The number of hydrogen-bond acceptors (Lipinski definition) is 34. The number of aromatic amines is 6. The summed E-state index contributed by atoms with van der Waals surface area (Å²) in [4.78, 5) is 106. The summed E-state index contributed by atoms with van der Waals surface area (Å²) in [6.45, 7) is 18.9. The number of aromatic nitrogens is 10. The van der Waals surface area contributed by atoms with Gasteiger partial charge in [0.05, 0.1) is 55.3 Å². The molecule has 122 heavy (non-hydrogen) atoms. The van der Waals surface area contributed by atoms with Crippen molar-refractivity contribution < 1.29 is 136 Å². The zero-order chi connectivity index (χ0) is 88.4. The Kier molecular flexibility index (Phi) is 39.2. The number of nitrogens with one attached hydrogen (secondary N) is 6. The Morgan fingerprint density at radius 2 is 0.877 bits per heavy atom. The number of nitrogens with zero attached hydrogens (tertiary/aromatic N) is 4. The van der Waals surface area contributed by atoms with E-state index in [0.717, 1.165) is 12.8 Å². The summed E-state index contributed by atoms with van der Waals surface area (Å²) in [7, 11) is 3.23. The summed E-state index contributed by atoms with van der Waals surface area (Å²) in [6.07, 6.45) is -1.79. The van der Waals surface area contributed by atoms with Crippen molar-refractivity contribution in [3.63, 3.8) is 0 Å². The van der Waals surface area contributed by atoms with Crippen molar-refractivity contribution in [1.82, 2.24) is 48.2 Å². The van der Waals surface area contributed by atoms with Crippen molar-refractivity contribution in [2.24, 2.45) is 11.8 Å². The van der Waals surface area contributed by atoms with Gasteiger partial charge in [0.15, 0.2) is 78.3 Å². The van der Waals surface area contributed by atoms with Gasteiger partial charge in [-0.1, -0.05) is 64.1 Å². The summed E-state index contributed by atoms with van der Waals surface area (Å²) >= 11 is 25.0. The number of methoxy groups -OCH3 is 2. The molecule has 13 N–H and O–H groups in total. The quantitative estimate of drug-likeness (QED) is 0.0205. The van der Waals surface area contributed by atoms with Crippen molar-refractivity contribution in [1.29, 1.82) is 0 Å². The maximum absolute atomic E-state index is 12.5. The molecule has 5 unspecified atom stereocenters. The van der Waals surface area contributed by atoms with Gasteiger partial charge in [-0.05, 0) is 140 Å². The molecule has 7 aliphatic heterocycles. The van der Waals surface area contributed by atoms with Crippen LogP contribution in [0.1, 0.15) is 140 Å². The second-order valence-corrected chi connectivity index (χ2v) is 31.2. The summed E-state index contributed by atoms with van der Waals surface area (Å²) in [5.41, 5.74) is -0.419. The zero-order valence-corrected chi connectivity index (χ0v) is 73.3. The normalized spacial score (nSPS) is 27.7. The molecule has 0 amide bonds. The summed E-state index contributed by atoms with van der Waals surface area (Å²) in [5.74, 6) is -3.29. The summed E-state index contributed by atoms with van der Waals surface area (Å²) in [6, 6.07) is 22.9. The third-order valence-corrected chi connectivity index (χ3v) is 21.1. The molecular weight excluding hydrogens is 1700 g/mol. The molecule has 20 atom stereocenters. The number of carbonyl (C=O) groups is 3. The fourth-order valence-corrected chi connectivity index (χ4v) is 14.5. The molecule has 666 valence electrons. The predicted octanol–water partition coefficient (Wildman–Crippen LogP) is 2.54. The van der Waals surface area contributed by atoms with Crippen molar-refractivity contribution in [3.8, 4) is 0 Å². The molecule has 12 heterocycles. The number of carbonyl (C=O) groups excluding carboxylic acids is 3. The summed E-state index contributed by atoms with van der Waals surface area (Å²) in [5, 5.41) is 56.4. The smallest absolute Gasteiger partial charge is 0.870 e. The molecule has 0 spiro atoms. The predicted molar refractivity (Wildman–Crippen MR) is 439 cm³/mol. The number of hydrogen-bond donors (Lipinski definition) is 12. The van der Waals surface area contributed by atoms with Gasteiger partial charge in [-0.2, -0.15) is 0 Å². The first-order valence-corrected chi connectivity index (χ1v) is 39.9. The van der Waals surface area contributed by atoms with Gasteiger partial charge in [0.25, 0.3) is 27.8 Å². The molecule has 2 aromatic carbocycles. The second kappa shape index (κ2) is 46.4. The number of rotatable bonds is 17. The van der Waals surface area contributed by atoms with E-state index >= 15 is 0 Å². The molecule has 5 aromatic heterocycles. The van der Waals surface area contributed by atoms with Crippen LogP contribution in [-0.4, -0.2) is 239 Å². The number of fused-ring (bicyclic) bond motifs is 2. The molecular formula is C77H103LiN10O29S5. The van der Waals surface area contributed by atoms with Crippen LogP contribution in [0.15, 0.2) is 140 Å². The Morgan fingerprint density at radius 1 is 0.492 bits per heavy atom. The van der Waals surface area contributed by atoms with Crippen molar-refractivity contribution in [3.05, 3.63) is 208 Å². The Morgan fingerprint density at radius 3 is 1.26 bits per heavy atom. The van der Waals surface area contributed by atoms with E-state index in [-0.39, 0.29) is 121 Å². The third-order valence-electron chi connectivity index (χ3n) is 19.6. The van der Waals surface area contributed by atoms with Crippen molar-refractivity contribution in [2.75, 3.05) is 34.0 Å². The van der Waals surface area contributed by atoms with Gasteiger partial charge in [0, 0.05) is 88.2 Å². The van der Waals surface area contributed by atoms with Crippen LogP contribution in [0.3, 0.4) is 0 Å². The van der Waals surface area contributed by atoms with Gasteiger partial charge in [-0.15, -0.1) is 0 Å². The Labute approximate surface area is 735 Å². The number of aliphatic hydroxyl groups is 6. The van der Waals surface area contributed by atoms with E-state index in [0.29, 0.717) is 15.9 Å². The molecule has 7 aliphatic rings. The average molecular weight is 1800 g/mol. The largest absolute Gasteiger partial charge is 1.00 e. The molecule has 0 bridgehead atoms. The van der Waals surface area contributed by atoms with Crippen LogP contribution >= 0.6 is 61.1 Å². The molecule has 14 rings (SSSR count). The minimum absolute atomic E-state index is 0. The van der Waals surface area contributed by atoms with E-state index < -0.39 is 140 Å². The first kappa shape index (κ1) is 103. The van der Waals surface area contributed by atoms with E-state index in [1.165, 1.54) is 58.9 Å². The number of esters is 3. The van der Waals surface area contributed by atoms with Crippen LogP contribution in [0.2, 0.25) is 0 Å². The topological polar surface area (TPSA) is 532 Å². The van der Waals surface area contributed by atoms with Gasteiger partial charge in [0.1, 0.15) is 54.9 Å². The Hall–Kier alpha value is -7.77. The van der Waals surface area contributed by atoms with E-state index in [4.69, 9.17) is 120 Å². The van der Waals surface area contributed by atoms with Crippen LogP contribution in [0, 0.1) is 35.7 Å². The van der Waals surface area contributed by atoms with E-state index in [1.54, 1.807) is 98.1 Å². The third kappa shape index (κ3) is 26.9. The van der Waals surface area contributed by atoms with Crippen LogP contribution in [0.5, 0.6) is 0 Å². The molecule has 0 saturated carbocycles. The zero-order valence-electron chi connectivity index (χ0n) is 69.2. The Balaban J connectivity index is 0.000000226. The maximum atomic E-state index is 12.5. The number of H-pyrrole nitrogens is 6. The van der Waals surface area contributed by atoms with E-state index in [9.17, 15) is 63.9 Å². The first-order valence-electron chi connectivity index (χ1n) is 37.9. The van der Waals surface area contributed by atoms with Gasteiger partial charge in [-0.25, -0.2) is 9.59 Å². The fourth-order valence-electron chi connectivity index (χ4n) is 13.3. The van der Waals surface area contributed by atoms with Crippen LogP contribution < -0.4 is 46.7 Å². The van der Waals surface area contributed by atoms with E-state index in [1.807, 2.05) is 67.5 Å². The van der Waals surface area contributed by atoms with Crippen molar-refractivity contribution in [2.45, 2.75) is 224 Å². The standard InChI is InChI=1S/C18H20N2O4S.C16H20O5.C13H18N2O6S.C12H16N2O5S.C9H12N2O5S.C5H12O2.C4H4N2OS.Li.H2O/c1-3-13-11(2)15(24-17(22)12-7-5-4-6-8-12)16(23-13)20-10-9-14(21)19-18(20)25;1-4-13-10(2)14(16(20-13)19-11(3)17)21-15(18)12-8-6-5-7-9-12;1-13(2)20-8-7(5-17)19-11(9(8)21-13)15-3-6(4-16)10(18)14-12(15)22;1-12(2)18-8-6(5-15)17-10(9(8)19-12)14-4-3-7(16)13-11(14)20;12-3-4-6(14)7(15)8(16-4)11-2-1-5(13)10-9(11)17;1-5(2,6-3)7-4;7-3-1-2-5-4(8)6-3;;/h4-11,13,15-16H,3H2,1-2H3,(H,19,21,25);5-10,13-14,16H,4H2,1-3H3;3,7-9,11,16-17H,4-5H2,1-2H3,(H,14,18,22);3-4,6,8-10,15H,5H2,1-2H3,(H,13,16,20);1-2,4,6-8,12,14-15H,3H2,(H,10,13,17);1-4H3;1-2H,(H2,5,6,7,8);;1H2/q;;;;;;;+1;/p-1/t11?,13-,15+,16-;10?,13-,14+,16-;7-,8?,9+,11-;6-,8?,9+,10-;4-,6?,7+,8-;;;;/m11111..../s1. The maximum Gasteiger partial charge on any atom is 1.00 e. The molecule has 7 saturated heterocycles. The summed E-state index contributed by atoms with van der Waals surface area (Å²) < 4.78 is 85.0. The molecule has 0 aliphatic carbocycles. The molecule has 0 radical (unpaired) electrons. The molecule has 7 aromatic rings. The SMILES string of the molecule is CC1(C)OC2[C@@H](CO)O[C@@H](n3cc(CO)c(=O)[nH]c3=S)[C@H]2O1.CC1(C)OC2[C@@H](CO)O[C@@H](n3ccc(=O)[nH]c3=S)[C@H]2O1.CC[C@H]1O[C@@H](OC(C)=O)[C@@H](OC(=O)c2ccccc2)C1C.CC[C@H]1O[C@@H](n2ccc(=O)[nH]c2=S)[C@@H](OC(=O)c2ccccc2)C1C.COC(C)(C)OC.O=c1cc[nH]c(=S)[nH]1.O=c1ccn([C@@H]2O[C@H](CO)C(O)[C@@H]2O)c(=S)[nH]1.[Li+].[OH-]. The van der Waals surface area contributed by atoms with Gasteiger partial charge >= 0.3 is 36.8 Å². The fraction of sp³-hybridized carbons (Fsp3) is 0.545. The minimum Gasteiger partial charge on any atom is -0.870 e. The van der Waals surface area contributed by atoms with Crippen LogP contribution in [0.25, 0.3) is 0 Å². The monoisotopic (exact) mass is 1800 g/mol. The van der Waals surface area contributed by atoms with Crippen molar-refractivity contribution >= 4 is 79.0 Å². The number of benzene rings is 2. The molecule has 7 fully saturated rings. The average Bonchev–Trinajstić information content (AvgIpc) is 1.60. The molecule has 39 nitrogen and oxygen atoms in total. The van der Waals surface area contributed by atoms with Crippen LogP contribution in [-0.2, 0) is 77.7 Å². The van der Waals surface area contributed by atoms with Gasteiger partial charge < -0.3 is 107 Å². The van der Waals surface area contributed by atoms with E-state index in [2.05, 4.69) is 42.1 Å². The number of aliphatic hydroxyl groups excluding tert-OH is 6. The first-order chi connectivity index (χ1) is 56.7. The van der Waals surface area contributed by atoms with Gasteiger partial charge in [0.2, 0.25) is 6.29 Å². The minimum atomic E-state index is -1.22. The molecule has 45 heteroatoms. The van der Waals surface area contributed by atoms with Crippen LogP contribution in [0.4, 0.5) is 0 Å². The second-order valence-electron chi connectivity index (χ2n) is 29.2. The van der Waals surface area contributed by atoms with Gasteiger partial charge in [-0.3, -0.25) is 72.0 Å². The Bertz CT molecular complexity index is 5170.